The molecule has 1 aliphatic heterocycles. The van der Waals surface area contributed by atoms with Gasteiger partial charge in [0.25, 0.3) is 0 Å². The van der Waals surface area contributed by atoms with Crippen molar-refractivity contribution in [3.8, 4) is 0 Å². The molecule has 5 rings (SSSR count). The van der Waals surface area contributed by atoms with E-state index >= 15 is 0 Å². The third-order valence-electron chi connectivity index (χ3n) is 5.11. The van der Waals surface area contributed by atoms with E-state index in [1.807, 2.05) is 29.2 Å². The van der Waals surface area contributed by atoms with Crippen LogP contribution in [0.5, 0.6) is 0 Å². The highest BCUT2D eigenvalue weighted by molar-refractivity contribution is 5.72. The molecule has 3 aromatic heterocycles. The van der Waals surface area contributed by atoms with Crippen molar-refractivity contribution in [3.63, 3.8) is 0 Å². The Labute approximate surface area is 153 Å². The van der Waals surface area contributed by atoms with Crippen LogP contribution >= 0.6 is 0 Å². The number of nitrogens with zero attached hydrogens (tertiary/aromatic N) is 6. The summed E-state index contributed by atoms with van der Waals surface area (Å²) in [6.07, 6.45) is 12.2. The van der Waals surface area contributed by atoms with Gasteiger partial charge in [0.2, 0.25) is 5.95 Å². The number of imidazole rings is 1. The molecule has 138 valence electrons. The average Bonchev–Trinajstić information content (AvgIpc) is 3.37. The maximum absolute atomic E-state index is 4.77. The Bertz CT molecular complexity index is 857. The Kier molecular flexibility index (Phi) is 4.75. The summed E-state index contributed by atoms with van der Waals surface area (Å²) in [4.78, 5) is 11.5. The fraction of sp³-hybridized carbons (Fsp3) is 0.500. The second-order valence-electron chi connectivity index (χ2n) is 6.71. The van der Waals surface area contributed by atoms with Crippen molar-refractivity contribution in [3.05, 3.63) is 30.9 Å². The summed E-state index contributed by atoms with van der Waals surface area (Å²) in [6, 6.07) is 4.64. The number of anilines is 3. The van der Waals surface area contributed by atoms with Gasteiger partial charge in [-0.15, -0.1) is 5.10 Å². The Morgan fingerprint density at radius 1 is 1.15 bits per heavy atom. The van der Waals surface area contributed by atoms with Gasteiger partial charge >= 0.3 is 0 Å². The Hall–Kier alpha value is -2.61. The molecule has 8 nitrogen and oxygen atoms in total. The van der Waals surface area contributed by atoms with Crippen molar-refractivity contribution in [2.24, 2.45) is 5.73 Å². The van der Waals surface area contributed by atoms with E-state index in [1.54, 1.807) is 0 Å². The molecule has 1 saturated carbocycles. The van der Waals surface area contributed by atoms with Crippen molar-refractivity contribution >= 4 is 23.1 Å². The molecule has 0 aromatic carbocycles. The zero-order valence-electron chi connectivity index (χ0n) is 15.2. The van der Waals surface area contributed by atoms with Crippen molar-refractivity contribution in [1.82, 2.24) is 24.1 Å². The number of nitrogens with two attached hydrogens (primary N) is 1. The molecule has 26 heavy (non-hydrogen) atoms. The third-order valence-corrected chi connectivity index (χ3v) is 5.11. The number of rotatable bonds is 4. The summed E-state index contributed by atoms with van der Waals surface area (Å²) in [5.41, 5.74) is 5.47. The fourth-order valence-corrected chi connectivity index (χ4v) is 3.47. The predicted octanol–water partition coefficient (Wildman–Crippen LogP) is 2.57. The molecule has 0 atom stereocenters. The van der Waals surface area contributed by atoms with Crippen LogP contribution in [0.15, 0.2) is 30.9 Å². The number of nitrogens with one attached hydrogen (secondary N) is 1. The summed E-state index contributed by atoms with van der Waals surface area (Å²) in [7, 11) is 1.50. The van der Waals surface area contributed by atoms with E-state index in [0.29, 0.717) is 6.04 Å². The third kappa shape index (κ3) is 3.12. The summed E-state index contributed by atoms with van der Waals surface area (Å²) in [6.45, 7) is 2.06. The molecule has 1 saturated heterocycles. The van der Waals surface area contributed by atoms with Crippen LogP contribution < -0.4 is 16.0 Å². The molecule has 3 aromatic rings. The lowest BCUT2D eigenvalue weighted by molar-refractivity contribution is 0.313. The van der Waals surface area contributed by atoms with Crippen LogP contribution in [0.2, 0.25) is 0 Å². The molecule has 3 N–H and O–H groups in total. The number of fused-ring (bicyclic) bond motifs is 1. The quantitative estimate of drug-likeness (QED) is 0.748. The monoisotopic (exact) mass is 354 g/mol. The topological polar surface area (TPSA) is 89.3 Å². The van der Waals surface area contributed by atoms with Crippen LogP contribution in [0, 0.1) is 0 Å². The lowest BCUT2D eigenvalue weighted by atomic mass is 9.93. The molecular weight excluding hydrogens is 328 g/mol. The first-order valence-corrected chi connectivity index (χ1v) is 9.35. The number of hydrogen-bond donors (Lipinski definition) is 2. The van der Waals surface area contributed by atoms with Gasteiger partial charge in [0.15, 0.2) is 5.82 Å². The normalized spacial score (nSPS) is 17.1. The molecule has 4 heterocycles. The summed E-state index contributed by atoms with van der Waals surface area (Å²) in [5, 5.41) is 8.03. The Morgan fingerprint density at radius 2 is 1.96 bits per heavy atom. The van der Waals surface area contributed by atoms with E-state index in [9.17, 15) is 0 Å². The Morgan fingerprint density at radius 3 is 2.69 bits per heavy atom. The number of aromatic nitrogens is 5. The minimum atomic E-state index is 0.618. The highest BCUT2D eigenvalue weighted by Crippen LogP contribution is 2.32. The van der Waals surface area contributed by atoms with E-state index < -0.39 is 0 Å². The number of hydrogen-bond acceptors (Lipinski definition) is 6. The van der Waals surface area contributed by atoms with Crippen LogP contribution in [0.3, 0.4) is 0 Å². The predicted molar refractivity (Wildman–Crippen MR) is 103 cm³/mol. The molecule has 0 bridgehead atoms. The molecule has 2 fully saturated rings. The second kappa shape index (κ2) is 7.33. The molecule has 0 spiro atoms. The van der Waals surface area contributed by atoms with E-state index in [2.05, 4.69) is 36.8 Å². The van der Waals surface area contributed by atoms with Gasteiger partial charge < -0.3 is 20.5 Å². The first-order chi connectivity index (χ1) is 12.9. The molecule has 0 unspecified atom stereocenters. The van der Waals surface area contributed by atoms with Gasteiger partial charge in [0, 0.05) is 31.5 Å². The highest BCUT2D eigenvalue weighted by Gasteiger charge is 2.20. The van der Waals surface area contributed by atoms with Gasteiger partial charge in [-0.1, -0.05) is 0 Å². The van der Waals surface area contributed by atoms with E-state index in [4.69, 9.17) is 4.98 Å². The molecule has 0 radical (unpaired) electrons. The van der Waals surface area contributed by atoms with Gasteiger partial charge in [0.05, 0.1) is 6.33 Å². The van der Waals surface area contributed by atoms with Crippen molar-refractivity contribution in [2.45, 2.75) is 38.1 Å². The van der Waals surface area contributed by atoms with E-state index in [-0.39, 0.29) is 0 Å². The largest absolute Gasteiger partial charge is 0.340 e. The van der Waals surface area contributed by atoms with Crippen LogP contribution in [0.25, 0.3) is 5.52 Å². The van der Waals surface area contributed by atoms with Gasteiger partial charge in [0.1, 0.15) is 11.3 Å². The second-order valence-corrected chi connectivity index (χ2v) is 6.71. The zero-order valence-corrected chi connectivity index (χ0v) is 15.2. The fourth-order valence-electron chi connectivity index (χ4n) is 3.47. The maximum Gasteiger partial charge on any atom is 0.245 e. The minimum absolute atomic E-state index is 0.618. The molecule has 2 aliphatic rings. The van der Waals surface area contributed by atoms with Gasteiger partial charge in [-0.2, -0.15) is 4.98 Å². The average molecular weight is 354 g/mol. The van der Waals surface area contributed by atoms with Gasteiger partial charge in [-0.25, -0.2) is 9.50 Å². The van der Waals surface area contributed by atoms with Crippen molar-refractivity contribution in [2.75, 3.05) is 30.4 Å². The van der Waals surface area contributed by atoms with E-state index in [1.165, 1.54) is 39.2 Å². The summed E-state index contributed by atoms with van der Waals surface area (Å²) < 4.78 is 4.11. The molecule has 1 aliphatic carbocycles. The molecule has 0 amide bonds. The van der Waals surface area contributed by atoms with Crippen LogP contribution in [-0.4, -0.2) is 44.3 Å². The first-order valence-electron chi connectivity index (χ1n) is 9.35. The zero-order chi connectivity index (χ0) is 17.9. The SMILES string of the molecule is CN.c1cc2c(Nc3cn(C4CCC4)cn3)nc(N3CCCC3)nn2c1. The van der Waals surface area contributed by atoms with Gasteiger partial charge in [-0.05, 0) is 51.3 Å². The smallest absolute Gasteiger partial charge is 0.245 e. The van der Waals surface area contributed by atoms with Gasteiger partial charge in [-0.3, -0.25) is 0 Å². The maximum atomic E-state index is 4.77. The van der Waals surface area contributed by atoms with Crippen LogP contribution in [-0.2, 0) is 0 Å². The minimum Gasteiger partial charge on any atom is -0.340 e. The van der Waals surface area contributed by atoms with Crippen molar-refractivity contribution < 1.29 is 0 Å². The summed E-state index contributed by atoms with van der Waals surface area (Å²) in [5.74, 6) is 2.45. The lowest BCUT2D eigenvalue weighted by Crippen LogP contribution is -2.22. The molecule has 8 heteroatoms. The standard InChI is InChI=1S/C17H21N7.CH5N/c1-2-9-22(8-1)17-20-16(14-7-4-10-24(14)21-17)19-15-11-23(12-18-15)13-5-3-6-13;1-2/h4,7,10-13H,1-3,5-6,8-9H2,(H,19,20,21);2H2,1H3. The summed E-state index contributed by atoms with van der Waals surface area (Å²) >= 11 is 0. The van der Waals surface area contributed by atoms with E-state index in [0.717, 1.165) is 36.2 Å². The first kappa shape index (κ1) is 16.8. The lowest BCUT2D eigenvalue weighted by Gasteiger charge is -2.26. The Balaban J connectivity index is 0.000000814. The van der Waals surface area contributed by atoms with Crippen LogP contribution in [0.1, 0.15) is 38.1 Å². The van der Waals surface area contributed by atoms with Crippen LogP contribution in [0.4, 0.5) is 17.6 Å². The molecular formula is C18H26N8. The van der Waals surface area contributed by atoms with Crippen molar-refractivity contribution in [1.29, 1.82) is 0 Å². The highest BCUT2D eigenvalue weighted by atomic mass is 15.4.